The van der Waals surface area contributed by atoms with Crippen LogP contribution in [-0.4, -0.2) is 0 Å². The lowest BCUT2D eigenvalue weighted by atomic mass is 9.82. The van der Waals surface area contributed by atoms with Gasteiger partial charge in [-0.25, -0.2) is 0 Å². The van der Waals surface area contributed by atoms with Crippen molar-refractivity contribution in [2.75, 3.05) is 0 Å². The van der Waals surface area contributed by atoms with E-state index in [1.807, 2.05) is 0 Å². The van der Waals surface area contributed by atoms with E-state index in [2.05, 4.69) is 28.9 Å². The molecule has 72 valence electrons. The smallest absolute Gasteiger partial charge is 0.0960 e. The highest BCUT2D eigenvalue weighted by Gasteiger charge is 2.27. The predicted octanol–water partition coefficient (Wildman–Crippen LogP) is 4.95. The van der Waals surface area contributed by atoms with Crippen LogP contribution in [0.25, 0.3) is 0 Å². The Hall–Kier alpha value is 0.470. The molecular formula is C10H12BrClS. The van der Waals surface area contributed by atoms with Crippen LogP contribution in [0.1, 0.15) is 34.5 Å². The minimum Gasteiger partial charge on any atom is -0.127 e. The van der Waals surface area contributed by atoms with E-state index in [0.29, 0.717) is 4.83 Å². The molecule has 0 aromatic carbocycles. The van der Waals surface area contributed by atoms with E-state index >= 15 is 0 Å². The molecule has 0 amide bonds. The third-order valence-corrected chi connectivity index (χ3v) is 5.89. The summed E-state index contributed by atoms with van der Waals surface area (Å²) >= 11 is 11.5. The van der Waals surface area contributed by atoms with E-state index in [1.54, 1.807) is 11.3 Å². The number of rotatable bonds is 2. The second-order valence-corrected chi connectivity index (χ2v) is 6.37. The van der Waals surface area contributed by atoms with Crippen LogP contribution in [-0.2, 0) is 0 Å². The standard InChI is InChI=1S/C10H12BrClS/c1-6-5-8(13-10(6)12)9(11)7-3-2-4-7/h5,7,9H,2-4H2,1H3. The van der Waals surface area contributed by atoms with Crippen LogP contribution >= 0.6 is 38.9 Å². The second kappa shape index (κ2) is 3.92. The third kappa shape index (κ3) is 1.95. The molecule has 0 saturated heterocycles. The highest BCUT2D eigenvalue weighted by molar-refractivity contribution is 9.09. The highest BCUT2D eigenvalue weighted by atomic mass is 79.9. The lowest BCUT2D eigenvalue weighted by Gasteiger charge is -2.29. The van der Waals surface area contributed by atoms with Gasteiger partial charge in [-0.05, 0) is 37.3 Å². The van der Waals surface area contributed by atoms with Crippen molar-refractivity contribution in [3.8, 4) is 0 Å². The number of halogens is 2. The lowest BCUT2D eigenvalue weighted by Crippen LogP contribution is -2.15. The van der Waals surface area contributed by atoms with Crippen LogP contribution in [0.15, 0.2) is 6.07 Å². The molecule has 1 atom stereocenters. The second-order valence-electron chi connectivity index (χ2n) is 3.70. The average molecular weight is 280 g/mol. The molecular weight excluding hydrogens is 268 g/mol. The Morgan fingerprint density at radius 2 is 2.31 bits per heavy atom. The molecule has 0 spiro atoms. The fourth-order valence-corrected chi connectivity index (χ4v) is 3.81. The Morgan fingerprint density at radius 1 is 1.62 bits per heavy atom. The molecule has 1 aromatic rings. The topological polar surface area (TPSA) is 0 Å². The van der Waals surface area contributed by atoms with Gasteiger partial charge in [-0.2, -0.15) is 0 Å². The Morgan fingerprint density at radius 3 is 2.69 bits per heavy atom. The molecule has 1 aromatic heterocycles. The van der Waals surface area contributed by atoms with Gasteiger partial charge in [0.15, 0.2) is 0 Å². The minimum atomic E-state index is 0.539. The molecule has 0 radical (unpaired) electrons. The highest BCUT2D eigenvalue weighted by Crippen LogP contribution is 2.46. The summed E-state index contributed by atoms with van der Waals surface area (Å²) in [5.74, 6) is 0.842. The van der Waals surface area contributed by atoms with Crippen LogP contribution in [0, 0.1) is 12.8 Å². The zero-order chi connectivity index (χ0) is 9.42. The van der Waals surface area contributed by atoms with Crippen molar-refractivity contribution in [1.82, 2.24) is 0 Å². The number of aryl methyl sites for hydroxylation is 1. The maximum Gasteiger partial charge on any atom is 0.0960 e. The van der Waals surface area contributed by atoms with Gasteiger partial charge in [0.2, 0.25) is 0 Å². The molecule has 3 heteroatoms. The summed E-state index contributed by atoms with van der Waals surface area (Å²) in [6.45, 7) is 2.07. The van der Waals surface area contributed by atoms with Gasteiger partial charge in [0.25, 0.3) is 0 Å². The number of alkyl halides is 1. The molecule has 2 rings (SSSR count). The van der Waals surface area contributed by atoms with Gasteiger partial charge in [-0.1, -0.05) is 34.0 Å². The maximum absolute atomic E-state index is 6.04. The Labute approximate surface area is 96.4 Å². The molecule has 0 bridgehead atoms. The van der Waals surface area contributed by atoms with Crippen LogP contribution in [0.4, 0.5) is 0 Å². The zero-order valence-electron chi connectivity index (χ0n) is 7.52. The van der Waals surface area contributed by atoms with Gasteiger partial charge in [-0.3, -0.25) is 0 Å². The fraction of sp³-hybridized carbons (Fsp3) is 0.600. The van der Waals surface area contributed by atoms with Gasteiger partial charge >= 0.3 is 0 Å². The van der Waals surface area contributed by atoms with Crippen molar-refractivity contribution >= 4 is 38.9 Å². The lowest BCUT2D eigenvalue weighted by molar-refractivity contribution is 0.314. The Kier molecular flexibility index (Phi) is 3.01. The van der Waals surface area contributed by atoms with Crippen LogP contribution in [0.2, 0.25) is 4.34 Å². The zero-order valence-corrected chi connectivity index (χ0v) is 10.7. The molecule has 0 aliphatic heterocycles. The van der Waals surface area contributed by atoms with Gasteiger partial charge in [0.05, 0.1) is 9.16 Å². The van der Waals surface area contributed by atoms with E-state index in [1.165, 1.54) is 29.7 Å². The molecule has 0 N–H and O–H groups in total. The monoisotopic (exact) mass is 278 g/mol. The molecule has 13 heavy (non-hydrogen) atoms. The first-order chi connectivity index (χ1) is 6.18. The van der Waals surface area contributed by atoms with Crippen molar-refractivity contribution in [3.05, 3.63) is 20.8 Å². The number of hydrogen-bond acceptors (Lipinski definition) is 1. The molecule has 1 aliphatic carbocycles. The average Bonchev–Trinajstić information content (AvgIpc) is 2.28. The summed E-state index contributed by atoms with van der Waals surface area (Å²) in [6, 6.07) is 2.21. The molecule has 1 heterocycles. The van der Waals surface area contributed by atoms with Crippen molar-refractivity contribution in [2.45, 2.75) is 31.0 Å². The van der Waals surface area contributed by atoms with Crippen LogP contribution < -0.4 is 0 Å². The van der Waals surface area contributed by atoms with E-state index in [4.69, 9.17) is 11.6 Å². The first-order valence-electron chi connectivity index (χ1n) is 4.58. The van der Waals surface area contributed by atoms with Crippen molar-refractivity contribution in [2.24, 2.45) is 5.92 Å². The number of thiophene rings is 1. The normalized spacial score (nSPS) is 19.9. The summed E-state index contributed by atoms with van der Waals surface area (Å²) < 4.78 is 0.943. The predicted molar refractivity (Wildman–Crippen MR) is 63.1 cm³/mol. The summed E-state index contributed by atoms with van der Waals surface area (Å²) in [7, 11) is 0. The van der Waals surface area contributed by atoms with Crippen molar-refractivity contribution in [3.63, 3.8) is 0 Å². The van der Waals surface area contributed by atoms with Crippen molar-refractivity contribution < 1.29 is 0 Å². The summed E-state index contributed by atoms with van der Waals surface area (Å²) in [5, 5.41) is 0. The van der Waals surface area contributed by atoms with E-state index < -0.39 is 0 Å². The van der Waals surface area contributed by atoms with Crippen molar-refractivity contribution in [1.29, 1.82) is 0 Å². The summed E-state index contributed by atoms with van der Waals surface area (Å²) in [6.07, 6.45) is 4.12. The molecule has 0 nitrogen and oxygen atoms in total. The maximum atomic E-state index is 6.04. The van der Waals surface area contributed by atoms with Gasteiger partial charge in [0, 0.05) is 4.88 Å². The third-order valence-electron chi connectivity index (χ3n) is 2.71. The first-order valence-corrected chi connectivity index (χ1v) is 6.69. The fourth-order valence-electron chi connectivity index (χ4n) is 1.58. The number of hydrogen-bond donors (Lipinski definition) is 0. The first kappa shape index (κ1) is 10.0. The largest absolute Gasteiger partial charge is 0.127 e. The molecule has 1 unspecified atom stereocenters. The van der Waals surface area contributed by atoms with E-state index in [9.17, 15) is 0 Å². The SMILES string of the molecule is Cc1cc(C(Br)C2CCC2)sc1Cl. The summed E-state index contributed by atoms with van der Waals surface area (Å²) in [5.41, 5.74) is 1.21. The van der Waals surface area contributed by atoms with Crippen LogP contribution in [0.5, 0.6) is 0 Å². The molecule has 1 fully saturated rings. The Balaban J connectivity index is 2.14. The van der Waals surface area contributed by atoms with Gasteiger partial charge < -0.3 is 0 Å². The molecule has 1 saturated carbocycles. The minimum absolute atomic E-state index is 0.539. The Bertz CT molecular complexity index is 284. The summed E-state index contributed by atoms with van der Waals surface area (Å²) in [4.78, 5) is 1.93. The van der Waals surface area contributed by atoms with E-state index in [0.717, 1.165) is 10.3 Å². The van der Waals surface area contributed by atoms with Gasteiger partial charge in [-0.15, -0.1) is 11.3 Å². The van der Waals surface area contributed by atoms with E-state index in [-0.39, 0.29) is 0 Å². The van der Waals surface area contributed by atoms with Crippen LogP contribution in [0.3, 0.4) is 0 Å². The quantitative estimate of drug-likeness (QED) is 0.672. The van der Waals surface area contributed by atoms with Gasteiger partial charge in [0.1, 0.15) is 0 Å². The molecule has 1 aliphatic rings.